The first-order chi connectivity index (χ1) is 7.57. The Bertz CT molecular complexity index is 284. The smallest absolute Gasteiger partial charge is 0.310 e. The van der Waals surface area contributed by atoms with Crippen molar-refractivity contribution in [1.82, 2.24) is 4.90 Å². The number of rotatable bonds is 3. The van der Waals surface area contributed by atoms with Gasteiger partial charge in [-0.1, -0.05) is 13.8 Å². The van der Waals surface area contributed by atoms with E-state index in [1.165, 1.54) is 12.2 Å². The van der Waals surface area contributed by atoms with Gasteiger partial charge in [-0.3, -0.25) is 9.69 Å². The molecule has 0 amide bonds. The van der Waals surface area contributed by atoms with E-state index in [9.17, 15) is 9.90 Å². The molecule has 3 unspecified atom stereocenters. The normalized spacial score (nSPS) is 40.4. The fourth-order valence-electron chi connectivity index (χ4n) is 2.88. The van der Waals surface area contributed by atoms with E-state index in [4.69, 9.17) is 0 Å². The molecule has 0 bridgehead atoms. The Labute approximate surface area is 102 Å². The van der Waals surface area contributed by atoms with Gasteiger partial charge in [-0.2, -0.15) is 11.8 Å². The van der Waals surface area contributed by atoms with E-state index >= 15 is 0 Å². The fourth-order valence-corrected chi connectivity index (χ4v) is 4.14. The highest BCUT2D eigenvalue weighted by Crippen LogP contribution is 2.39. The standard InChI is InChI=1S/C12H21NO2S/c1-3-12(11(14)15)4-5-13(8-12)10-6-9(2)16-7-10/h9-10H,3-8H2,1-2H3,(H,14,15). The number of aliphatic carboxylic acids is 1. The lowest BCUT2D eigenvalue weighted by Crippen LogP contribution is -2.38. The highest BCUT2D eigenvalue weighted by molar-refractivity contribution is 8.00. The Kier molecular flexibility index (Phi) is 3.50. The molecule has 4 heteroatoms. The highest BCUT2D eigenvalue weighted by atomic mass is 32.2. The molecule has 0 saturated carbocycles. The molecule has 0 spiro atoms. The molecule has 1 N–H and O–H groups in total. The van der Waals surface area contributed by atoms with Gasteiger partial charge in [0.15, 0.2) is 0 Å². The molecule has 2 rings (SSSR count). The fraction of sp³-hybridized carbons (Fsp3) is 0.917. The van der Waals surface area contributed by atoms with Crippen LogP contribution in [-0.4, -0.2) is 46.1 Å². The maximum Gasteiger partial charge on any atom is 0.310 e. The third-order valence-corrected chi connectivity index (χ3v) is 5.55. The molecule has 3 atom stereocenters. The number of thioether (sulfide) groups is 1. The molecule has 0 aromatic heterocycles. The third kappa shape index (κ3) is 2.09. The number of carboxylic acid groups (broad SMARTS) is 1. The van der Waals surface area contributed by atoms with Gasteiger partial charge in [0.2, 0.25) is 0 Å². The Morgan fingerprint density at radius 3 is 2.81 bits per heavy atom. The van der Waals surface area contributed by atoms with Crippen LogP contribution in [0.1, 0.15) is 33.1 Å². The van der Waals surface area contributed by atoms with Crippen molar-refractivity contribution in [2.75, 3.05) is 18.8 Å². The first kappa shape index (κ1) is 12.2. The second-order valence-corrected chi connectivity index (χ2v) is 6.66. The molecule has 2 saturated heterocycles. The van der Waals surface area contributed by atoms with E-state index in [0.29, 0.717) is 6.04 Å². The van der Waals surface area contributed by atoms with Gasteiger partial charge in [0.05, 0.1) is 5.41 Å². The van der Waals surface area contributed by atoms with Crippen LogP contribution in [0.2, 0.25) is 0 Å². The average Bonchev–Trinajstić information content (AvgIpc) is 2.84. The summed E-state index contributed by atoms with van der Waals surface area (Å²) in [4.78, 5) is 13.8. The molecule has 0 aromatic carbocycles. The lowest BCUT2D eigenvalue weighted by molar-refractivity contribution is -0.148. The quantitative estimate of drug-likeness (QED) is 0.824. The van der Waals surface area contributed by atoms with Crippen LogP contribution in [0.3, 0.4) is 0 Å². The Balaban J connectivity index is 1.99. The topological polar surface area (TPSA) is 40.5 Å². The highest BCUT2D eigenvalue weighted by Gasteiger charge is 2.45. The first-order valence-corrected chi connectivity index (χ1v) is 7.21. The van der Waals surface area contributed by atoms with Gasteiger partial charge >= 0.3 is 5.97 Å². The van der Waals surface area contributed by atoms with Gasteiger partial charge in [0, 0.05) is 23.6 Å². The zero-order valence-corrected chi connectivity index (χ0v) is 10.9. The van der Waals surface area contributed by atoms with Crippen LogP contribution in [0.15, 0.2) is 0 Å². The molecule has 0 radical (unpaired) electrons. The van der Waals surface area contributed by atoms with Gasteiger partial charge in [-0.05, 0) is 25.8 Å². The lowest BCUT2D eigenvalue weighted by Gasteiger charge is -2.26. The Morgan fingerprint density at radius 2 is 2.38 bits per heavy atom. The molecule has 16 heavy (non-hydrogen) atoms. The van der Waals surface area contributed by atoms with Crippen LogP contribution in [0, 0.1) is 5.41 Å². The summed E-state index contributed by atoms with van der Waals surface area (Å²) in [7, 11) is 0. The van der Waals surface area contributed by atoms with Crippen molar-refractivity contribution in [3.8, 4) is 0 Å². The number of hydrogen-bond acceptors (Lipinski definition) is 3. The monoisotopic (exact) mass is 243 g/mol. The zero-order valence-electron chi connectivity index (χ0n) is 10.1. The molecular formula is C12H21NO2S. The molecule has 2 heterocycles. The van der Waals surface area contributed by atoms with E-state index in [-0.39, 0.29) is 0 Å². The minimum atomic E-state index is -0.601. The third-order valence-electron chi connectivity index (χ3n) is 4.21. The van der Waals surface area contributed by atoms with Gasteiger partial charge < -0.3 is 5.11 Å². The second-order valence-electron chi connectivity index (χ2n) is 5.19. The molecule has 2 aliphatic rings. The Hall–Kier alpha value is -0.220. The Morgan fingerprint density at radius 1 is 1.62 bits per heavy atom. The average molecular weight is 243 g/mol. The number of likely N-dealkylation sites (tertiary alicyclic amines) is 1. The van der Waals surface area contributed by atoms with Crippen LogP contribution in [-0.2, 0) is 4.79 Å². The number of nitrogens with zero attached hydrogens (tertiary/aromatic N) is 1. The van der Waals surface area contributed by atoms with Crippen molar-refractivity contribution >= 4 is 17.7 Å². The lowest BCUT2D eigenvalue weighted by atomic mass is 9.84. The molecular weight excluding hydrogens is 222 g/mol. The SMILES string of the molecule is CCC1(C(=O)O)CCN(C2CSC(C)C2)C1. The van der Waals surface area contributed by atoms with Crippen LogP contribution < -0.4 is 0 Å². The summed E-state index contributed by atoms with van der Waals surface area (Å²) in [5.74, 6) is 0.580. The number of carbonyl (C=O) groups is 1. The van der Waals surface area contributed by atoms with E-state index in [0.717, 1.165) is 31.2 Å². The molecule has 2 fully saturated rings. The predicted molar refractivity (Wildman–Crippen MR) is 66.9 cm³/mol. The molecule has 2 aliphatic heterocycles. The van der Waals surface area contributed by atoms with E-state index in [1.54, 1.807) is 0 Å². The summed E-state index contributed by atoms with van der Waals surface area (Å²) in [5, 5.41) is 10.1. The van der Waals surface area contributed by atoms with Gasteiger partial charge in [0.1, 0.15) is 0 Å². The van der Waals surface area contributed by atoms with Crippen molar-refractivity contribution < 1.29 is 9.90 Å². The second kappa shape index (κ2) is 4.57. The summed E-state index contributed by atoms with van der Waals surface area (Å²) >= 11 is 2.02. The number of carboxylic acids is 1. The summed E-state index contributed by atoms with van der Waals surface area (Å²) < 4.78 is 0. The summed E-state index contributed by atoms with van der Waals surface area (Å²) in [6.45, 7) is 6.00. The van der Waals surface area contributed by atoms with Crippen molar-refractivity contribution in [2.24, 2.45) is 5.41 Å². The number of hydrogen-bond donors (Lipinski definition) is 1. The van der Waals surface area contributed by atoms with Crippen LogP contribution in [0.4, 0.5) is 0 Å². The van der Waals surface area contributed by atoms with Gasteiger partial charge in [0.25, 0.3) is 0 Å². The first-order valence-electron chi connectivity index (χ1n) is 6.16. The summed E-state index contributed by atoms with van der Waals surface area (Å²) in [5.41, 5.74) is -0.462. The largest absolute Gasteiger partial charge is 0.481 e. The maximum absolute atomic E-state index is 11.3. The van der Waals surface area contributed by atoms with Crippen LogP contribution in [0.25, 0.3) is 0 Å². The summed E-state index contributed by atoms with van der Waals surface area (Å²) in [6, 6.07) is 0.618. The maximum atomic E-state index is 11.3. The van der Waals surface area contributed by atoms with E-state index in [2.05, 4.69) is 11.8 Å². The van der Waals surface area contributed by atoms with Crippen molar-refractivity contribution in [1.29, 1.82) is 0 Å². The molecule has 3 nitrogen and oxygen atoms in total. The molecule has 0 aliphatic carbocycles. The van der Waals surface area contributed by atoms with Crippen molar-refractivity contribution in [3.63, 3.8) is 0 Å². The van der Waals surface area contributed by atoms with Gasteiger partial charge in [-0.25, -0.2) is 0 Å². The zero-order chi connectivity index (χ0) is 11.8. The van der Waals surface area contributed by atoms with Crippen molar-refractivity contribution in [2.45, 2.75) is 44.4 Å². The van der Waals surface area contributed by atoms with Gasteiger partial charge in [-0.15, -0.1) is 0 Å². The van der Waals surface area contributed by atoms with Crippen LogP contribution in [0.5, 0.6) is 0 Å². The predicted octanol–water partition coefficient (Wildman–Crippen LogP) is 2.07. The van der Waals surface area contributed by atoms with E-state index in [1.807, 2.05) is 18.7 Å². The molecule has 0 aromatic rings. The minimum absolute atomic E-state index is 0.462. The van der Waals surface area contributed by atoms with Crippen LogP contribution >= 0.6 is 11.8 Å². The van der Waals surface area contributed by atoms with Crippen molar-refractivity contribution in [3.05, 3.63) is 0 Å². The summed E-state index contributed by atoms with van der Waals surface area (Å²) in [6.07, 6.45) is 2.81. The minimum Gasteiger partial charge on any atom is -0.481 e. The molecule has 92 valence electrons. The van der Waals surface area contributed by atoms with E-state index < -0.39 is 11.4 Å².